The average Bonchev–Trinajstić information content (AvgIpc) is 3.56. The van der Waals surface area contributed by atoms with Crippen LogP contribution in [0.1, 0.15) is 41.0 Å². The number of nitrogens with zero attached hydrogens (tertiary/aromatic N) is 6. The van der Waals surface area contributed by atoms with Crippen LogP contribution in [0.25, 0.3) is 0 Å². The van der Waals surface area contributed by atoms with Gasteiger partial charge in [0.1, 0.15) is 11.6 Å². The maximum Gasteiger partial charge on any atom is 0.228 e. The van der Waals surface area contributed by atoms with Gasteiger partial charge >= 0.3 is 0 Å². The van der Waals surface area contributed by atoms with Crippen LogP contribution in [0.2, 0.25) is 0 Å². The lowest BCUT2D eigenvalue weighted by atomic mass is 10.2. The number of allylic oxidation sites excluding steroid dienone is 1. The zero-order valence-corrected chi connectivity index (χ0v) is 21.5. The molecule has 1 aliphatic rings. The van der Waals surface area contributed by atoms with Gasteiger partial charge in [0.05, 0.1) is 37.2 Å². The second kappa shape index (κ2) is 10.7. The van der Waals surface area contributed by atoms with Crippen molar-refractivity contribution in [2.75, 3.05) is 11.9 Å². The molecule has 8 nitrogen and oxygen atoms in total. The summed E-state index contributed by atoms with van der Waals surface area (Å²) in [6.07, 6.45) is 6.84. The summed E-state index contributed by atoms with van der Waals surface area (Å²) in [5, 5.41) is 12.5. The van der Waals surface area contributed by atoms with E-state index in [0.717, 1.165) is 58.9 Å². The first-order chi connectivity index (χ1) is 18.0. The molecule has 2 aromatic heterocycles. The second-order valence-corrected chi connectivity index (χ2v) is 9.42. The molecule has 0 radical (unpaired) electrons. The fraction of sp³-hybridized carbons (Fsp3) is 0.276. The summed E-state index contributed by atoms with van der Waals surface area (Å²) >= 11 is 0. The van der Waals surface area contributed by atoms with E-state index in [9.17, 15) is 4.79 Å². The Kier molecular flexibility index (Phi) is 7.07. The number of amides is 1. The lowest BCUT2D eigenvalue weighted by Gasteiger charge is -2.39. The van der Waals surface area contributed by atoms with E-state index < -0.39 is 0 Å². The van der Waals surface area contributed by atoms with Crippen molar-refractivity contribution in [3.05, 3.63) is 113 Å². The first-order valence-corrected chi connectivity index (χ1v) is 12.5. The van der Waals surface area contributed by atoms with Crippen LogP contribution in [0.5, 0.6) is 0 Å². The molecule has 190 valence electrons. The highest BCUT2D eigenvalue weighted by Gasteiger charge is 2.30. The topological polar surface area (TPSA) is 70.6 Å². The summed E-state index contributed by atoms with van der Waals surface area (Å²) in [7, 11) is 2.04. The summed E-state index contributed by atoms with van der Waals surface area (Å²) in [6, 6.07) is 20.3. The second-order valence-electron chi connectivity index (χ2n) is 9.42. The van der Waals surface area contributed by atoms with Gasteiger partial charge in [-0.3, -0.25) is 19.5 Å². The van der Waals surface area contributed by atoms with Gasteiger partial charge in [0.15, 0.2) is 0 Å². The Balaban J connectivity index is 1.46. The molecule has 0 N–H and O–H groups in total. The van der Waals surface area contributed by atoms with Gasteiger partial charge in [-0.15, -0.1) is 0 Å². The number of anilines is 1. The minimum absolute atomic E-state index is 0.479. The molecule has 1 aliphatic carbocycles. The van der Waals surface area contributed by atoms with Crippen molar-refractivity contribution in [3.63, 3.8) is 0 Å². The van der Waals surface area contributed by atoms with Gasteiger partial charge in [-0.1, -0.05) is 65.8 Å². The number of rotatable bonds is 11. The molecule has 1 saturated carbocycles. The van der Waals surface area contributed by atoms with Gasteiger partial charge in [0.25, 0.3) is 0 Å². The fourth-order valence-corrected chi connectivity index (χ4v) is 4.50. The standard InChI is InChI=1S/C29H32N6O2/c1-22-28(23(2)37-31-22)20-33-19-27(16-30-33)32(3)29(26-14-15-26)35(18-25-12-8-5-9-13-25)34(21-36)17-24-10-6-4-7-11-24/h4-13,16,19,21H,14-15,17-18,20H2,1-3H3. The summed E-state index contributed by atoms with van der Waals surface area (Å²) in [4.78, 5) is 14.6. The van der Waals surface area contributed by atoms with E-state index in [1.807, 2.05) is 86.5 Å². The van der Waals surface area contributed by atoms with Crippen LogP contribution in [0, 0.1) is 13.8 Å². The maximum absolute atomic E-state index is 12.5. The summed E-state index contributed by atoms with van der Waals surface area (Å²) in [5.74, 6) is 1.82. The van der Waals surface area contributed by atoms with Gasteiger partial charge in [-0.2, -0.15) is 5.10 Å². The zero-order valence-electron chi connectivity index (χ0n) is 21.5. The van der Waals surface area contributed by atoms with Crippen LogP contribution in [-0.4, -0.2) is 38.4 Å². The number of aromatic nitrogens is 3. The molecule has 1 fully saturated rings. The average molecular weight is 497 g/mol. The van der Waals surface area contributed by atoms with Crippen molar-refractivity contribution in [2.24, 2.45) is 0 Å². The van der Waals surface area contributed by atoms with E-state index in [-0.39, 0.29) is 0 Å². The summed E-state index contributed by atoms with van der Waals surface area (Å²) < 4.78 is 7.22. The highest BCUT2D eigenvalue weighted by atomic mass is 16.5. The summed E-state index contributed by atoms with van der Waals surface area (Å²) in [5.41, 5.74) is 6.38. The molecule has 0 atom stereocenters. The Hall–Kier alpha value is -4.33. The maximum atomic E-state index is 12.5. The molecular weight excluding hydrogens is 464 g/mol. The van der Waals surface area contributed by atoms with Gasteiger partial charge < -0.3 is 9.42 Å². The van der Waals surface area contributed by atoms with Gasteiger partial charge in [0, 0.05) is 18.8 Å². The lowest BCUT2D eigenvalue weighted by Crippen LogP contribution is -2.45. The Labute approximate surface area is 217 Å². The molecule has 37 heavy (non-hydrogen) atoms. The van der Waals surface area contributed by atoms with E-state index in [4.69, 9.17) is 4.52 Å². The summed E-state index contributed by atoms with van der Waals surface area (Å²) in [6.45, 7) is 5.50. The predicted molar refractivity (Wildman–Crippen MR) is 142 cm³/mol. The number of hydrazine groups is 1. The highest BCUT2D eigenvalue weighted by molar-refractivity contribution is 5.53. The SMILES string of the molecule is Cc1noc(C)c1Cn1cc(N(C)C(=C2CC2)N(Cc2ccccc2)N(C=O)Cc2ccccc2)cn1. The number of carbonyl (C=O) groups is 1. The van der Waals surface area contributed by atoms with Crippen molar-refractivity contribution in [3.8, 4) is 0 Å². The Bertz CT molecular complexity index is 1350. The molecule has 0 bridgehead atoms. The Morgan fingerprint density at radius 1 is 1.00 bits per heavy atom. The van der Waals surface area contributed by atoms with Crippen LogP contribution >= 0.6 is 0 Å². The number of hydrogen-bond donors (Lipinski definition) is 0. The van der Waals surface area contributed by atoms with Crippen molar-refractivity contribution >= 4 is 12.1 Å². The van der Waals surface area contributed by atoms with Crippen molar-refractivity contribution < 1.29 is 9.32 Å². The normalized spacial score (nSPS) is 12.4. The van der Waals surface area contributed by atoms with E-state index in [0.29, 0.717) is 19.6 Å². The smallest absolute Gasteiger partial charge is 0.228 e. The molecule has 5 rings (SSSR count). The monoisotopic (exact) mass is 496 g/mol. The van der Waals surface area contributed by atoms with Crippen LogP contribution in [0.15, 0.2) is 89.0 Å². The Morgan fingerprint density at radius 3 is 2.22 bits per heavy atom. The highest BCUT2D eigenvalue weighted by Crippen LogP contribution is 2.37. The van der Waals surface area contributed by atoms with Crippen LogP contribution in [0.3, 0.4) is 0 Å². The molecule has 1 amide bonds. The van der Waals surface area contributed by atoms with Crippen molar-refractivity contribution in [1.82, 2.24) is 25.0 Å². The molecule has 2 aromatic carbocycles. The van der Waals surface area contributed by atoms with Crippen LogP contribution in [-0.2, 0) is 24.4 Å². The third-order valence-corrected chi connectivity index (χ3v) is 6.68. The lowest BCUT2D eigenvalue weighted by molar-refractivity contribution is -0.133. The Morgan fingerprint density at radius 2 is 1.65 bits per heavy atom. The molecule has 8 heteroatoms. The van der Waals surface area contributed by atoms with E-state index in [1.54, 1.807) is 5.01 Å². The van der Waals surface area contributed by atoms with E-state index >= 15 is 0 Å². The molecule has 0 aliphatic heterocycles. The quantitative estimate of drug-likeness (QED) is 0.214. The number of carbonyl (C=O) groups excluding carboxylic acids is 1. The van der Waals surface area contributed by atoms with Gasteiger partial charge in [0.2, 0.25) is 6.41 Å². The first-order valence-electron chi connectivity index (χ1n) is 12.5. The van der Waals surface area contributed by atoms with E-state index in [1.165, 1.54) is 5.57 Å². The minimum Gasteiger partial charge on any atom is -0.361 e. The minimum atomic E-state index is 0.479. The van der Waals surface area contributed by atoms with E-state index in [2.05, 4.69) is 32.3 Å². The number of aryl methyl sites for hydroxylation is 2. The molecule has 0 saturated heterocycles. The third-order valence-electron chi connectivity index (χ3n) is 6.68. The molecular formula is C29H32N6O2. The first kappa shape index (κ1) is 24.4. The fourth-order valence-electron chi connectivity index (χ4n) is 4.50. The third kappa shape index (κ3) is 5.58. The van der Waals surface area contributed by atoms with Gasteiger partial charge in [-0.05, 0) is 43.4 Å². The van der Waals surface area contributed by atoms with Crippen molar-refractivity contribution in [2.45, 2.75) is 46.3 Å². The molecule has 0 unspecified atom stereocenters. The number of hydrogen-bond acceptors (Lipinski definition) is 6. The molecule has 4 aromatic rings. The molecule has 0 spiro atoms. The molecule has 2 heterocycles. The van der Waals surface area contributed by atoms with Crippen molar-refractivity contribution in [1.29, 1.82) is 0 Å². The largest absolute Gasteiger partial charge is 0.361 e. The van der Waals surface area contributed by atoms with Crippen LogP contribution in [0.4, 0.5) is 5.69 Å². The number of benzene rings is 2. The predicted octanol–water partition coefficient (Wildman–Crippen LogP) is 5.05. The van der Waals surface area contributed by atoms with Gasteiger partial charge in [-0.25, -0.2) is 0 Å². The zero-order chi connectivity index (χ0) is 25.8. The van der Waals surface area contributed by atoms with Crippen LogP contribution < -0.4 is 4.90 Å².